The first kappa shape index (κ1) is 18.7. The van der Waals surface area contributed by atoms with Gasteiger partial charge in [-0.15, -0.1) is 21.5 Å². The van der Waals surface area contributed by atoms with Gasteiger partial charge in [0.1, 0.15) is 5.75 Å². The van der Waals surface area contributed by atoms with Crippen LogP contribution in [0.25, 0.3) is 10.7 Å². The minimum atomic E-state index is -0.251. The molecule has 0 bridgehead atoms. The van der Waals surface area contributed by atoms with E-state index in [-0.39, 0.29) is 11.0 Å². The van der Waals surface area contributed by atoms with Crippen molar-refractivity contribution in [1.82, 2.24) is 14.8 Å². The molecule has 0 amide bonds. The molecule has 1 atom stereocenters. The van der Waals surface area contributed by atoms with Crippen molar-refractivity contribution in [2.75, 3.05) is 6.61 Å². The van der Waals surface area contributed by atoms with E-state index < -0.39 is 0 Å². The topological polar surface area (TPSA) is 57.0 Å². The molecule has 1 aromatic carbocycles. The van der Waals surface area contributed by atoms with Gasteiger partial charge in [-0.2, -0.15) is 0 Å². The SMILES string of the molecule is CCOc1ccc(C(=O)[C@@H](C)Sc2nnc(-c3cccs3)n2CC)cc1. The highest BCUT2D eigenvalue weighted by Gasteiger charge is 2.21. The molecular weight excluding hydrogens is 366 g/mol. The van der Waals surface area contributed by atoms with E-state index in [9.17, 15) is 4.79 Å². The van der Waals surface area contributed by atoms with Crippen LogP contribution in [0.3, 0.4) is 0 Å². The van der Waals surface area contributed by atoms with Crippen LogP contribution in [0, 0.1) is 0 Å². The Balaban J connectivity index is 1.75. The number of hydrogen-bond acceptors (Lipinski definition) is 6. The first-order chi connectivity index (χ1) is 12.6. The zero-order valence-electron chi connectivity index (χ0n) is 15.0. The lowest BCUT2D eigenvalue weighted by atomic mass is 10.1. The average Bonchev–Trinajstić information content (AvgIpc) is 3.31. The van der Waals surface area contributed by atoms with Crippen molar-refractivity contribution in [2.45, 2.75) is 37.7 Å². The summed E-state index contributed by atoms with van der Waals surface area (Å²) in [5.74, 6) is 1.70. The summed E-state index contributed by atoms with van der Waals surface area (Å²) in [5.41, 5.74) is 0.675. The average molecular weight is 388 g/mol. The molecule has 0 aliphatic rings. The number of ketones is 1. The van der Waals surface area contributed by atoms with Gasteiger partial charge < -0.3 is 9.30 Å². The Morgan fingerprint density at radius 2 is 2.00 bits per heavy atom. The van der Waals surface area contributed by atoms with Crippen molar-refractivity contribution < 1.29 is 9.53 Å². The van der Waals surface area contributed by atoms with E-state index in [1.165, 1.54) is 11.8 Å². The molecule has 7 heteroatoms. The van der Waals surface area contributed by atoms with Crippen LogP contribution in [0.1, 0.15) is 31.1 Å². The van der Waals surface area contributed by atoms with E-state index in [2.05, 4.69) is 21.7 Å². The monoisotopic (exact) mass is 387 g/mol. The minimum Gasteiger partial charge on any atom is -0.494 e. The van der Waals surface area contributed by atoms with Crippen molar-refractivity contribution >= 4 is 28.9 Å². The van der Waals surface area contributed by atoms with E-state index in [4.69, 9.17) is 4.74 Å². The van der Waals surface area contributed by atoms with Crippen LogP contribution in [0.2, 0.25) is 0 Å². The zero-order chi connectivity index (χ0) is 18.5. The predicted molar refractivity (Wildman–Crippen MR) is 106 cm³/mol. The van der Waals surface area contributed by atoms with Crippen molar-refractivity contribution in [1.29, 1.82) is 0 Å². The highest BCUT2D eigenvalue weighted by molar-refractivity contribution is 8.00. The molecule has 136 valence electrons. The van der Waals surface area contributed by atoms with Crippen LogP contribution < -0.4 is 4.74 Å². The molecule has 3 aromatic rings. The van der Waals surface area contributed by atoms with Crippen molar-refractivity contribution in [3.05, 3.63) is 47.3 Å². The zero-order valence-corrected chi connectivity index (χ0v) is 16.6. The summed E-state index contributed by atoms with van der Waals surface area (Å²) in [6, 6.07) is 11.3. The van der Waals surface area contributed by atoms with Gasteiger partial charge in [-0.25, -0.2) is 0 Å². The first-order valence-corrected chi connectivity index (χ1v) is 10.3. The normalized spacial score (nSPS) is 12.1. The molecule has 2 heterocycles. The summed E-state index contributed by atoms with van der Waals surface area (Å²) in [4.78, 5) is 13.8. The Hall–Kier alpha value is -2.12. The second-order valence-electron chi connectivity index (χ2n) is 5.61. The van der Waals surface area contributed by atoms with Gasteiger partial charge in [-0.1, -0.05) is 17.8 Å². The molecule has 3 rings (SSSR count). The minimum absolute atomic E-state index is 0.0707. The number of nitrogens with zero attached hydrogens (tertiary/aromatic N) is 3. The molecule has 0 aliphatic carbocycles. The third-order valence-corrected chi connectivity index (χ3v) is 5.82. The smallest absolute Gasteiger partial charge is 0.192 e. The molecule has 0 saturated heterocycles. The number of thiophene rings is 1. The maximum atomic E-state index is 12.7. The predicted octanol–water partition coefficient (Wildman–Crippen LogP) is 4.79. The number of hydrogen-bond donors (Lipinski definition) is 0. The van der Waals surface area contributed by atoms with E-state index >= 15 is 0 Å². The third-order valence-electron chi connectivity index (χ3n) is 3.88. The third kappa shape index (κ3) is 3.99. The van der Waals surface area contributed by atoms with Crippen LogP contribution in [0.5, 0.6) is 5.75 Å². The fraction of sp³-hybridized carbons (Fsp3) is 0.316. The summed E-state index contributed by atoms with van der Waals surface area (Å²) in [6.07, 6.45) is 0. The fourth-order valence-corrected chi connectivity index (χ4v) is 4.28. The first-order valence-electron chi connectivity index (χ1n) is 8.54. The maximum absolute atomic E-state index is 12.7. The van der Waals surface area contributed by atoms with Crippen molar-refractivity contribution in [3.63, 3.8) is 0 Å². The lowest BCUT2D eigenvalue weighted by Gasteiger charge is -2.12. The molecule has 26 heavy (non-hydrogen) atoms. The Labute approximate surface area is 161 Å². The van der Waals surface area contributed by atoms with Gasteiger partial charge in [-0.05, 0) is 56.5 Å². The molecule has 0 fully saturated rings. The van der Waals surface area contributed by atoms with Crippen molar-refractivity contribution in [2.24, 2.45) is 0 Å². The molecule has 0 saturated carbocycles. The molecule has 5 nitrogen and oxygen atoms in total. The second-order valence-corrected chi connectivity index (χ2v) is 7.87. The summed E-state index contributed by atoms with van der Waals surface area (Å²) in [5, 5.41) is 11.2. The Bertz CT molecular complexity index is 858. The van der Waals surface area contributed by atoms with Gasteiger partial charge in [0.25, 0.3) is 0 Å². The lowest BCUT2D eigenvalue weighted by molar-refractivity contribution is 0.0994. The number of thioether (sulfide) groups is 1. The standard InChI is InChI=1S/C19H21N3O2S2/c1-4-22-18(16-7-6-12-25-16)20-21-19(22)26-13(3)17(23)14-8-10-15(11-9-14)24-5-2/h6-13H,4-5H2,1-3H3/t13-/m1/s1. The highest BCUT2D eigenvalue weighted by atomic mass is 32.2. The van der Waals surface area contributed by atoms with Gasteiger partial charge in [0.05, 0.1) is 16.7 Å². The molecule has 0 N–H and O–H groups in total. The quantitative estimate of drug-likeness (QED) is 0.411. The number of ether oxygens (including phenoxy) is 1. The van der Waals surface area contributed by atoms with Gasteiger partial charge in [0.15, 0.2) is 16.8 Å². The van der Waals surface area contributed by atoms with Crippen molar-refractivity contribution in [3.8, 4) is 16.5 Å². The van der Waals surface area contributed by atoms with E-state index in [0.717, 1.165) is 28.2 Å². The number of carbonyl (C=O) groups is 1. The van der Waals surface area contributed by atoms with Crippen LogP contribution in [-0.2, 0) is 6.54 Å². The lowest BCUT2D eigenvalue weighted by Crippen LogP contribution is -2.14. The van der Waals surface area contributed by atoms with E-state index in [1.807, 2.05) is 55.6 Å². The summed E-state index contributed by atoms with van der Waals surface area (Å²) < 4.78 is 7.48. The van der Waals surface area contributed by atoms with Gasteiger partial charge in [0.2, 0.25) is 0 Å². The molecule has 0 radical (unpaired) electrons. The molecule has 2 aromatic heterocycles. The molecule has 0 spiro atoms. The summed E-state index contributed by atoms with van der Waals surface area (Å²) in [7, 11) is 0. The number of benzene rings is 1. The number of aromatic nitrogens is 3. The second kappa shape index (κ2) is 8.51. The molecule has 0 unspecified atom stereocenters. The van der Waals surface area contributed by atoms with Crippen LogP contribution in [0.15, 0.2) is 46.9 Å². The van der Waals surface area contributed by atoms with E-state index in [0.29, 0.717) is 12.2 Å². The molecular formula is C19H21N3O2S2. The number of rotatable bonds is 8. The Kier molecular flexibility index (Phi) is 6.11. The molecule has 0 aliphatic heterocycles. The Morgan fingerprint density at radius 1 is 1.23 bits per heavy atom. The summed E-state index contributed by atoms with van der Waals surface area (Å²) in [6.45, 7) is 7.27. The van der Waals surface area contributed by atoms with Gasteiger partial charge in [0, 0.05) is 12.1 Å². The van der Waals surface area contributed by atoms with Crippen LogP contribution >= 0.6 is 23.1 Å². The van der Waals surface area contributed by atoms with Crippen LogP contribution in [0.4, 0.5) is 0 Å². The maximum Gasteiger partial charge on any atom is 0.192 e. The largest absolute Gasteiger partial charge is 0.494 e. The Morgan fingerprint density at radius 3 is 2.62 bits per heavy atom. The van der Waals surface area contributed by atoms with Gasteiger partial charge >= 0.3 is 0 Å². The highest BCUT2D eigenvalue weighted by Crippen LogP contribution is 2.30. The van der Waals surface area contributed by atoms with E-state index in [1.54, 1.807) is 11.3 Å². The fourth-order valence-electron chi connectivity index (χ4n) is 2.58. The number of carbonyl (C=O) groups excluding carboxylic acids is 1. The number of Topliss-reactive ketones (excluding diaryl/α,β-unsaturated/α-hetero) is 1. The van der Waals surface area contributed by atoms with Crippen LogP contribution in [-0.4, -0.2) is 32.4 Å². The summed E-state index contributed by atoms with van der Waals surface area (Å²) >= 11 is 3.08. The van der Waals surface area contributed by atoms with Gasteiger partial charge in [-0.3, -0.25) is 4.79 Å².